The SMILES string of the molecule is COc1ccc(CNc2cnns2)cc1Cl. The standard InChI is InChI=1S/C10H10ClN3OS/c1-15-9-3-2-7(4-8(9)11)5-12-10-6-13-14-16-10/h2-4,6,12H,5H2,1H3. The van der Waals surface area contributed by atoms with E-state index in [1.54, 1.807) is 13.3 Å². The van der Waals surface area contributed by atoms with Gasteiger partial charge in [0.05, 0.1) is 18.3 Å². The van der Waals surface area contributed by atoms with Crippen LogP contribution in [0.15, 0.2) is 24.4 Å². The number of ether oxygens (including phenoxy) is 1. The van der Waals surface area contributed by atoms with E-state index in [0.717, 1.165) is 10.6 Å². The zero-order valence-corrected chi connectivity index (χ0v) is 10.2. The molecule has 1 aromatic carbocycles. The van der Waals surface area contributed by atoms with Crippen LogP contribution in [0.5, 0.6) is 5.75 Å². The first-order valence-corrected chi connectivity index (χ1v) is 5.78. The van der Waals surface area contributed by atoms with E-state index in [1.165, 1.54) is 11.5 Å². The van der Waals surface area contributed by atoms with Crippen molar-refractivity contribution in [3.63, 3.8) is 0 Å². The van der Waals surface area contributed by atoms with Crippen molar-refractivity contribution in [1.29, 1.82) is 0 Å². The van der Waals surface area contributed by atoms with E-state index in [4.69, 9.17) is 16.3 Å². The second kappa shape index (κ2) is 5.14. The number of benzene rings is 1. The molecule has 16 heavy (non-hydrogen) atoms. The topological polar surface area (TPSA) is 47.0 Å². The maximum atomic E-state index is 6.02. The Hall–Kier alpha value is -1.33. The second-order valence-electron chi connectivity index (χ2n) is 3.10. The summed E-state index contributed by atoms with van der Waals surface area (Å²) in [5.74, 6) is 0.685. The van der Waals surface area contributed by atoms with Crippen LogP contribution in [-0.4, -0.2) is 16.7 Å². The maximum Gasteiger partial charge on any atom is 0.137 e. The fourth-order valence-corrected chi connectivity index (χ4v) is 1.95. The van der Waals surface area contributed by atoms with Crippen LogP contribution in [-0.2, 0) is 6.54 Å². The summed E-state index contributed by atoms with van der Waals surface area (Å²) < 4.78 is 8.84. The maximum absolute atomic E-state index is 6.02. The summed E-state index contributed by atoms with van der Waals surface area (Å²) in [6.07, 6.45) is 1.69. The first-order valence-electron chi connectivity index (χ1n) is 4.63. The Morgan fingerprint density at radius 1 is 1.50 bits per heavy atom. The second-order valence-corrected chi connectivity index (χ2v) is 4.30. The van der Waals surface area contributed by atoms with Gasteiger partial charge in [0.2, 0.25) is 0 Å². The molecule has 0 aliphatic heterocycles. The average molecular weight is 256 g/mol. The molecule has 0 fully saturated rings. The lowest BCUT2D eigenvalue weighted by molar-refractivity contribution is 0.415. The molecule has 0 radical (unpaired) electrons. The summed E-state index contributed by atoms with van der Waals surface area (Å²) in [6, 6.07) is 5.69. The van der Waals surface area contributed by atoms with Crippen LogP contribution in [0.4, 0.5) is 5.00 Å². The fraction of sp³-hybridized carbons (Fsp3) is 0.200. The molecule has 1 N–H and O–H groups in total. The molecule has 6 heteroatoms. The third-order valence-electron chi connectivity index (χ3n) is 2.04. The lowest BCUT2D eigenvalue weighted by Crippen LogP contribution is -1.97. The zero-order chi connectivity index (χ0) is 11.4. The highest BCUT2D eigenvalue weighted by Crippen LogP contribution is 2.25. The van der Waals surface area contributed by atoms with Gasteiger partial charge in [-0.2, -0.15) is 0 Å². The molecular weight excluding hydrogens is 246 g/mol. The summed E-state index contributed by atoms with van der Waals surface area (Å²) in [7, 11) is 1.60. The molecule has 4 nitrogen and oxygen atoms in total. The van der Waals surface area contributed by atoms with E-state index in [9.17, 15) is 0 Å². The summed E-state index contributed by atoms with van der Waals surface area (Å²) in [4.78, 5) is 0. The number of halogens is 1. The minimum absolute atomic E-state index is 0.615. The van der Waals surface area contributed by atoms with Crippen LogP contribution in [0.25, 0.3) is 0 Å². The first-order chi connectivity index (χ1) is 7.79. The number of nitrogens with one attached hydrogen (secondary N) is 1. The third kappa shape index (κ3) is 2.62. The molecule has 2 rings (SSSR count). The largest absolute Gasteiger partial charge is 0.495 e. The van der Waals surface area contributed by atoms with Crippen LogP contribution in [0.3, 0.4) is 0 Å². The lowest BCUT2D eigenvalue weighted by atomic mass is 10.2. The van der Waals surface area contributed by atoms with Gasteiger partial charge < -0.3 is 10.1 Å². The Morgan fingerprint density at radius 3 is 3.00 bits per heavy atom. The van der Waals surface area contributed by atoms with Crippen LogP contribution in [0.2, 0.25) is 5.02 Å². The van der Waals surface area contributed by atoms with E-state index in [1.807, 2.05) is 18.2 Å². The van der Waals surface area contributed by atoms with E-state index >= 15 is 0 Å². The monoisotopic (exact) mass is 255 g/mol. The summed E-state index contributed by atoms with van der Waals surface area (Å²) >= 11 is 7.34. The number of hydrogen-bond donors (Lipinski definition) is 1. The summed E-state index contributed by atoms with van der Waals surface area (Å²) in [5, 5.41) is 8.49. The van der Waals surface area contributed by atoms with Crippen molar-refractivity contribution in [1.82, 2.24) is 9.59 Å². The average Bonchev–Trinajstić information content (AvgIpc) is 2.79. The number of methoxy groups -OCH3 is 1. The number of anilines is 1. The summed E-state index contributed by atoms with van der Waals surface area (Å²) in [6.45, 7) is 0.688. The molecule has 0 aliphatic carbocycles. The molecule has 0 unspecified atom stereocenters. The van der Waals surface area contributed by atoms with Crippen molar-refractivity contribution in [2.75, 3.05) is 12.4 Å². The van der Waals surface area contributed by atoms with E-state index in [0.29, 0.717) is 17.3 Å². The number of aromatic nitrogens is 2. The Bertz CT molecular complexity index is 461. The van der Waals surface area contributed by atoms with Crippen LogP contribution in [0, 0.1) is 0 Å². The van der Waals surface area contributed by atoms with Gasteiger partial charge in [-0.25, -0.2) is 0 Å². The number of rotatable bonds is 4. The van der Waals surface area contributed by atoms with Gasteiger partial charge in [-0.3, -0.25) is 0 Å². The predicted octanol–water partition coefficient (Wildman–Crippen LogP) is 2.81. The van der Waals surface area contributed by atoms with Gasteiger partial charge in [0.25, 0.3) is 0 Å². The molecule has 0 bridgehead atoms. The van der Waals surface area contributed by atoms with Gasteiger partial charge in [0.15, 0.2) is 0 Å². The van der Waals surface area contributed by atoms with Crippen molar-refractivity contribution in [3.05, 3.63) is 35.0 Å². The summed E-state index contributed by atoms with van der Waals surface area (Å²) in [5.41, 5.74) is 1.08. The van der Waals surface area contributed by atoms with Crippen molar-refractivity contribution >= 4 is 28.1 Å². The van der Waals surface area contributed by atoms with Crippen LogP contribution >= 0.6 is 23.1 Å². The van der Waals surface area contributed by atoms with Gasteiger partial charge >= 0.3 is 0 Å². The molecule has 0 amide bonds. The van der Waals surface area contributed by atoms with E-state index in [-0.39, 0.29) is 0 Å². The minimum Gasteiger partial charge on any atom is -0.495 e. The minimum atomic E-state index is 0.615. The zero-order valence-electron chi connectivity index (χ0n) is 8.61. The smallest absolute Gasteiger partial charge is 0.137 e. The highest BCUT2D eigenvalue weighted by molar-refractivity contribution is 7.09. The van der Waals surface area contributed by atoms with Crippen LogP contribution < -0.4 is 10.1 Å². The fourth-order valence-electron chi connectivity index (χ4n) is 1.25. The number of nitrogens with zero attached hydrogens (tertiary/aromatic N) is 2. The van der Waals surface area contributed by atoms with E-state index in [2.05, 4.69) is 14.9 Å². The van der Waals surface area contributed by atoms with Gasteiger partial charge in [0, 0.05) is 18.1 Å². The molecule has 0 aliphatic rings. The Morgan fingerprint density at radius 2 is 2.38 bits per heavy atom. The molecule has 0 saturated carbocycles. The van der Waals surface area contributed by atoms with Gasteiger partial charge in [0.1, 0.15) is 10.8 Å². The Labute approximate surface area is 102 Å². The molecule has 2 aromatic rings. The Kier molecular flexibility index (Phi) is 3.58. The van der Waals surface area contributed by atoms with Gasteiger partial charge in [-0.1, -0.05) is 22.2 Å². The highest BCUT2D eigenvalue weighted by atomic mass is 35.5. The Balaban J connectivity index is 2.02. The lowest BCUT2D eigenvalue weighted by Gasteiger charge is -2.06. The molecule has 0 spiro atoms. The molecular formula is C10H10ClN3OS. The highest BCUT2D eigenvalue weighted by Gasteiger charge is 2.02. The number of hydrogen-bond acceptors (Lipinski definition) is 5. The molecule has 1 aromatic heterocycles. The van der Waals surface area contributed by atoms with Gasteiger partial charge in [-0.15, -0.1) is 5.10 Å². The molecule has 1 heterocycles. The molecule has 84 valence electrons. The van der Waals surface area contributed by atoms with Crippen molar-refractivity contribution in [2.45, 2.75) is 6.54 Å². The van der Waals surface area contributed by atoms with Crippen LogP contribution in [0.1, 0.15) is 5.56 Å². The van der Waals surface area contributed by atoms with Crippen molar-refractivity contribution < 1.29 is 4.74 Å². The van der Waals surface area contributed by atoms with E-state index < -0.39 is 0 Å². The molecule has 0 saturated heterocycles. The normalized spacial score (nSPS) is 10.1. The van der Waals surface area contributed by atoms with Crippen molar-refractivity contribution in [3.8, 4) is 5.75 Å². The first kappa shape index (κ1) is 11.2. The van der Waals surface area contributed by atoms with Crippen molar-refractivity contribution in [2.24, 2.45) is 0 Å². The molecule has 0 atom stereocenters. The van der Waals surface area contributed by atoms with Gasteiger partial charge in [-0.05, 0) is 17.7 Å². The quantitative estimate of drug-likeness (QED) is 0.913. The third-order valence-corrected chi connectivity index (χ3v) is 2.96. The predicted molar refractivity (Wildman–Crippen MR) is 65.2 cm³/mol.